The Labute approximate surface area is 173 Å². The van der Waals surface area contributed by atoms with E-state index in [1.54, 1.807) is 11.1 Å². The predicted octanol–water partition coefficient (Wildman–Crippen LogP) is 4.79. The normalized spacial score (nSPS) is 12.7. The lowest BCUT2D eigenvalue weighted by atomic mass is 10.0. The molecule has 5 rings (SSSR count). The Hall–Kier alpha value is -3.86. The summed E-state index contributed by atoms with van der Waals surface area (Å²) in [5.74, 6) is -0.790. The van der Waals surface area contributed by atoms with Gasteiger partial charge in [0.25, 0.3) is 5.91 Å². The molecule has 0 bridgehead atoms. The molecule has 0 spiro atoms. The molecule has 0 fully saturated rings. The zero-order valence-corrected chi connectivity index (χ0v) is 16.3. The molecule has 1 N–H and O–H groups in total. The Bertz CT molecular complexity index is 1210. The number of H-pyrrole nitrogens is 1. The second-order valence-corrected chi connectivity index (χ2v) is 7.31. The standard InChI is InChI=1S/C25H20N2O3/c28-24(16-30-25(29)20-15-26-21-10-4-3-9-19(20)21)27-22-11-5-1-7-17(22)13-14-18-8-2-6-12-23(18)27/h1-12,15,26H,13-14,16H2. The van der Waals surface area contributed by atoms with Gasteiger partial charge < -0.3 is 9.72 Å². The second-order valence-electron chi connectivity index (χ2n) is 7.31. The van der Waals surface area contributed by atoms with Crippen LogP contribution in [0.25, 0.3) is 10.9 Å². The van der Waals surface area contributed by atoms with Gasteiger partial charge in [0.2, 0.25) is 0 Å². The minimum absolute atomic E-state index is 0.273. The van der Waals surface area contributed by atoms with Gasteiger partial charge in [-0.3, -0.25) is 9.69 Å². The number of benzene rings is 3. The number of anilines is 2. The molecule has 0 aliphatic carbocycles. The molecule has 1 amide bonds. The van der Waals surface area contributed by atoms with Crippen LogP contribution in [0.3, 0.4) is 0 Å². The largest absolute Gasteiger partial charge is 0.452 e. The maximum absolute atomic E-state index is 13.3. The maximum Gasteiger partial charge on any atom is 0.340 e. The fraction of sp³-hybridized carbons (Fsp3) is 0.120. The highest BCUT2D eigenvalue weighted by molar-refractivity contribution is 6.07. The van der Waals surface area contributed by atoms with Crippen molar-refractivity contribution in [3.05, 3.63) is 95.7 Å². The van der Waals surface area contributed by atoms with Crippen LogP contribution in [0.4, 0.5) is 11.4 Å². The van der Waals surface area contributed by atoms with E-state index in [2.05, 4.69) is 4.98 Å². The average Bonchev–Trinajstić information content (AvgIpc) is 3.14. The molecule has 0 radical (unpaired) electrons. The third-order valence-corrected chi connectivity index (χ3v) is 5.51. The van der Waals surface area contributed by atoms with Crippen LogP contribution in [0.2, 0.25) is 0 Å². The number of ether oxygens (including phenoxy) is 1. The summed E-state index contributed by atoms with van der Waals surface area (Å²) in [5.41, 5.74) is 5.17. The van der Waals surface area contributed by atoms with E-state index in [1.165, 1.54) is 0 Å². The van der Waals surface area contributed by atoms with Gasteiger partial charge in [-0.05, 0) is 42.2 Å². The summed E-state index contributed by atoms with van der Waals surface area (Å²) < 4.78 is 5.43. The summed E-state index contributed by atoms with van der Waals surface area (Å²) in [4.78, 5) is 30.6. The van der Waals surface area contributed by atoms with Gasteiger partial charge in [0.1, 0.15) is 0 Å². The number of aromatic amines is 1. The topological polar surface area (TPSA) is 62.4 Å². The third-order valence-electron chi connectivity index (χ3n) is 5.51. The molecule has 148 valence electrons. The van der Waals surface area contributed by atoms with E-state index in [9.17, 15) is 9.59 Å². The summed E-state index contributed by atoms with van der Waals surface area (Å²) in [5, 5.41) is 0.778. The molecule has 1 aromatic heterocycles. The lowest BCUT2D eigenvalue weighted by molar-refractivity contribution is -0.120. The molecule has 2 heterocycles. The highest BCUT2D eigenvalue weighted by Crippen LogP contribution is 2.36. The number of aryl methyl sites for hydroxylation is 2. The molecular weight excluding hydrogens is 376 g/mol. The first kappa shape index (κ1) is 18.2. The van der Waals surface area contributed by atoms with Gasteiger partial charge in [-0.15, -0.1) is 0 Å². The second kappa shape index (κ2) is 7.52. The van der Waals surface area contributed by atoms with Crippen LogP contribution in [-0.4, -0.2) is 23.5 Å². The minimum atomic E-state index is -0.516. The molecule has 1 aliphatic rings. The number of carbonyl (C=O) groups is 2. The van der Waals surface area contributed by atoms with E-state index in [1.807, 2.05) is 72.8 Å². The van der Waals surface area contributed by atoms with Crippen LogP contribution >= 0.6 is 0 Å². The van der Waals surface area contributed by atoms with Gasteiger partial charge in [-0.1, -0.05) is 54.6 Å². The first-order valence-electron chi connectivity index (χ1n) is 9.94. The number of para-hydroxylation sites is 3. The Morgan fingerprint density at radius 2 is 1.43 bits per heavy atom. The van der Waals surface area contributed by atoms with Gasteiger partial charge >= 0.3 is 5.97 Å². The fourth-order valence-corrected chi connectivity index (χ4v) is 4.06. The zero-order valence-electron chi connectivity index (χ0n) is 16.3. The molecule has 0 saturated carbocycles. The van der Waals surface area contributed by atoms with Crippen LogP contribution in [-0.2, 0) is 22.4 Å². The van der Waals surface area contributed by atoms with Gasteiger partial charge in [0.05, 0.1) is 16.9 Å². The van der Waals surface area contributed by atoms with E-state index in [0.717, 1.165) is 46.2 Å². The third kappa shape index (κ3) is 3.14. The van der Waals surface area contributed by atoms with Gasteiger partial charge in [-0.25, -0.2) is 4.79 Å². The number of rotatable bonds is 3. The van der Waals surface area contributed by atoms with Crippen molar-refractivity contribution in [2.24, 2.45) is 0 Å². The highest BCUT2D eigenvalue weighted by atomic mass is 16.5. The van der Waals surface area contributed by atoms with Crippen LogP contribution in [0.15, 0.2) is 79.0 Å². The quantitative estimate of drug-likeness (QED) is 0.507. The lowest BCUT2D eigenvalue weighted by Crippen LogP contribution is -2.31. The first-order valence-corrected chi connectivity index (χ1v) is 9.94. The first-order chi connectivity index (χ1) is 14.7. The Morgan fingerprint density at radius 3 is 2.13 bits per heavy atom. The van der Waals surface area contributed by atoms with Crippen molar-refractivity contribution in [2.75, 3.05) is 11.5 Å². The van der Waals surface area contributed by atoms with Crippen molar-refractivity contribution in [1.82, 2.24) is 4.98 Å². The number of carbonyl (C=O) groups excluding carboxylic acids is 2. The van der Waals surface area contributed by atoms with E-state index >= 15 is 0 Å². The van der Waals surface area contributed by atoms with E-state index in [0.29, 0.717) is 5.56 Å². The van der Waals surface area contributed by atoms with Crippen molar-refractivity contribution in [1.29, 1.82) is 0 Å². The molecule has 0 unspecified atom stereocenters. The summed E-state index contributed by atoms with van der Waals surface area (Å²) >= 11 is 0. The molecule has 0 saturated heterocycles. The van der Waals surface area contributed by atoms with Gasteiger partial charge in [0.15, 0.2) is 6.61 Å². The highest BCUT2D eigenvalue weighted by Gasteiger charge is 2.26. The van der Waals surface area contributed by atoms with Crippen LogP contribution < -0.4 is 4.90 Å². The number of nitrogens with zero attached hydrogens (tertiary/aromatic N) is 1. The number of aromatic nitrogens is 1. The molecule has 1 aliphatic heterocycles. The molecule has 5 nitrogen and oxygen atoms in total. The average molecular weight is 396 g/mol. The maximum atomic E-state index is 13.3. The van der Waals surface area contributed by atoms with E-state index in [4.69, 9.17) is 4.74 Å². The predicted molar refractivity (Wildman–Crippen MR) is 116 cm³/mol. The van der Waals surface area contributed by atoms with E-state index < -0.39 is 5.97 Å². The molecule has 5 heteroatoms. The van der Waals surface area contributed by atoms with Crippen molar-refractivity contribution >= 4 is 34.2 Å². The van der Waals surface area contributed by atoms with E-state index in [-0.39, 0.29) is 12.5 Å². The number of amides is 1. The van der Waals surface area contributed by atoms with Gasteiger partial charge in [0, 0.05) is 17.1 Å². The molecular formula is C25H20N2O3. The minimum Gasteiger partial charge on any atom is -0.452 e. The number of hydrogen-bond donors (Lipinski definition) is 1. The summed E-state index contributed by atoms with van der Waals surface area (Å²) in [7, 11) is 0. The van der Waals surface area contributed by atoms with Crippen LogP contribution in [0.5, 0.6) is 0 Å². The Morgan fingerprint density at radius 1 is 0.833 bits per heavy atom. The van der Waals surface area contributed by atoms with Crippen molar-refractivity contribution < 1.29 is 14.3 Å². The summed E-state index contributed by atoms with van der Waals surface area (Å²) in [6, 6.07) is 23.3. The zero-order chi connectivity index (χ0) is 20.5. The Balaban J connectivity index is 1.43. The number of nitrogens with one attached hydrogen (secondary N) is 1. The van der Waals surface area contributed by atoms with Gasteiger partial charge in [-0.2, -0.15) is 0 Å². The summed E-state index contributed by atoms with van der Waals surface area (Å²) in [6.45, 7) is -0.332. The molecule has 0 atom stereocenters. The molecule has 30 heavy (non-hydrogen) atoms. The monoisotopic (exact) mass is 396 g/mol. The van der Waals surface area contributed by atoms with Crippen molar-refractivity contribution in [3.8, 4) is 0 Å². The Kier molecular flexibility index (Phi) is 4.56. The van der Waals surface area contributed by atoms with Crippen LogP contribution in [0.1, 0.15) is 21.5 Å². The lowest BCUT2D eigenvalue weighted by Gasteiger charge is -2.24. The number of esters is 1. The molecule has 4 aromatic rings. The smallest absolute Gasteiger partial charge is 0.340 e. The SMILES string of the molecule is O=C(OCC(=O)N1c2ccccc2CCc2ccccc21)c1c[nH]c2ccccc12. The number of fused-ring (bicyclic) bond motifs is 3. The fourth-order valence-electron chi connectivity index (χ4n) is 4.06. The summed E-state index contributed by atoms with van der Waals surface area (Å²) in [6.07, 6.45) is 3.33. The molecule has 3 aromatic carbocycles. The van der Waals surface area contributed by atoms with Crippen molar-refractivity contribution in [2.45, 2.75) is 12.8 Å². The number of hydrogen-bond acceptors (Lipinski definition) is 3. The van der Waals surface area contributed by atoms with Crippen LogP contribution in [0, 0.1) is 0 Å². The van der Waals surface area contributed by atoms with Crippen molar-refractivity contribution in [3.63, 3.8) is 0 Å².